The lowest BCUT2D eigenvalue weighted by atomic mass is 10.0. The molecule has 1 aromatic rings. The molecule has 0 bridgehead atoms. The summed E-state index contributed by atoms with van der Waals surface area (Å²) in [6.45, 7) is 4.73. The molecule has 0 amide bonds. The summed E-state index contributed by atoms with van der Waals surface area (Å²) < 4.78 is 11.2. The Hall–Kier alpha value is -1.06. The van der Waals surface area contributed by atoms with Gasteiger partial charge in [-0.2, -0.15) is 0 Å². The maximum Gasteiger partial charge on any atom is 0.124 e. The van der Waals surface area contributed by atoms with Crippen LogP contribution in [0.15, 0.2) is 18.2 Å². The van der Waals surface area contributed by atoms with Gasteiger partial charge in [0.05, 0.1) is 19.8 Å². The number of morpholine rings is 1. The van der Waals surface area contributed by atoms with Crippen LogP contribution in [-0.4, -0.2) is 26.8 Å². The van der Waals surface area contributed by atoms with Gasteiger partial charge in [0.1, 0.15) is 5.75 Å². The fraction of sp³-hybridized carbons (Fsp3) is 0.538. The van der Waals surface area contributed by atoms with Gasteiger partial charge in [0.2, 0.25) is 0 Å². The van der Waals surface area contributed by atoms with Crippen molar-refractivity contribution in [3.63, 3.8) is 0 Å². The number of methoxy groups -OCH3 is 1. The van der Waals surface area contributed by atoms with E-state index in [9.17, 15) is 0 Å². The van der Waals surface area contributed by atoms with E-state index in [1.165, 1.54) is 5.56 Å². The Morgan fingerprint density at radius 2 is 2.38 bits per heavy atom. The maximum atomic E-state index is 5.76. The van der Waals surface area contributed by atoms with Crippen LogP contribution in [0.25, 0.3) is 0 Å². The molecule has 1 aromatic carbocycles. The van der Waals surface area contributed by atoms with Gasteiger partial charge in [0, 0.05) is 18.7 Å². The predicted octanol–water partition coefficient (Wildman–Crippen LogP) is 1.92. The molecule has 1 atom stereocenters. The minimum absolute atomic E-state index is 0.121. The smallest absolute Gasteiger partial charge is 0.124 e. The Kier molecular flexibility index (Phi) is 3.80. The fourth-order valence-electron chi connectivity index (χ4n) is 2.02. The second-order valence-corrected chi connectivity index (χ2v) is 3.99. The maximum absolute atomic E-state index is 5.76. The largest absolute Gasteiger partial charge is 0.496 e. The first-order valence-corrected chi connectivity index (χ1v) is 5.84. The summed E-state index contributed by atoms with van der Waals surface area (Å²) in [5.74, 6) is 0.922. The first-order chi connectivity index (χ1) is 7.85. The van der Waals surface area contributed by atoms with Crippen LogP contribution < -0.4 is 10.1 Å². The van der Waals surface area contributed by atoms with E-state index >= 15 is 0 Å². The number of aryl methyl sites for hydroxylation is 1. The van der Waals surface area contributed by atoms with Gasteiger partial charge in [-0.15, -0.1) is 0 Å². The topological polar surface area (TPSA) is 30.5 Å². The first kappa shape index (κ1) is 11.4. The first-order valence-electron chi connectivity index (χ1n) is 5.84. The van der Waals surface area contributed by atoms with Gasteiger partial charge >= 0.3 is 0 Å². The third-order valence-corrected chi connectivity index (χ3v) is 2.98. The Morgan fingerprint density at radius 3 is 3.00 bits per heavy atom. The third kappa shape index (κ3) is 2.36. The monoisotopic (exact) mass is 221 g/mol. The molecule has 88 valence electrons. The zero-order valence-corrected chi connectivity index (χ0v) is 9.95. The minimum Gasteiger partial charge on any atom is -0.496 e. The van der Waals surface area contributed by atoms with Gasteiger partial charge in [0.25, 0.3) is 0 Å². The second-order valence-electron chi connectivity index (χ2n) is 3.99. The van der Waals surface area contributed by atoms with E-state index in [1.54, 1.807) is 7.11 Å². The second kappa shape index (κ2) is 5.32. The average Bonchev–Trinajstić information content (AvgIpc) is 2.39. The van der Waals surface area contributed by atoms with Crippen LogP contribution in [0.3, 0.4) is 0 Å². The highest BCUT2D eigenvalue weighted by Crippen LogP contribution is 2.29. The lowest BCUT2D eigenvalue weighted by molar-refractivity contribution is 0.0262. The molecule has 1 saturated heterocycles. The van der Waals surface area contributed by atoms with Crippen molar-refractivity contribution < 1.29 is 9.47 Å². The summed E-state index contributed by atoms with van der Waals surface area (Å²) >= 11 is 0. The zero-order valence-electron chi connectivity index (χ0n) is 9.95. The summed E-state index contributed by atoms with van der Waals surface area (Å²) in [6.07, 6.45) is 1.16. The lowest BCUT2D eigenvalue weighted by Gasteiger charge is -2.25. The Bertz CT molecular complexity index is 346. The number of nitrogens with one attached hydrogen (secondary N) is 1. The number of benzene rings is 1. The van der Waals surface area contributed by atoms with Crippen molar-refractivity contribution in [3.05, 3.63) is 29.3 Å². The van der Waals surface area contributed by atoms with Gasteiger partial charge < -0.3 is 14.8 Å². The van der Waals surface area contributed by atoms with Crippen LogP contribution in [0.4, 0.5) is 0 Å². The normalized spacial score (nSPS) is 20.8. The van der Waals surface area contributed by atoms with Gasteiger partial charge in [-0.1, -0.05) is 13.0 Å². The number of rotatable bonds is 3. The molecule has 16 heavy (non-hydrogen) atoms. The van der Waals surface area contributed by atoms with Crippen LogP contribution in [-0.2, 0) is 11.2 Å². The fourth-order valence-corrected chi connectivity index (χ4v) is 2.02. The van der Waals surface area contributed by atoms with Crippen LogP contribution >= 0.6 is 0 Å². The van der Waals surface area contributed by atoms with Crippen molar-refractivity contribution in [1.29, 1.82) is 0 Å². The van der Waals surface area contributed by atoms with E-state index in [1.807, 2.05) is 6.07 Å². The summed E-state index contributed by atoms with van der Waals surface area (Å²) in [5, 5.41) is 3.34. The standard InChI is InChI=1S/C13H19NO2/c1-3-10-4-5-12(15-2)11(8-10)13-9-14-6-7-16-13/h4-5,8,13-14H,3,6-7,9H2,1-2H3. The molecule has 3 heteroatoms. The van der Waals surface area contributed by atoms with Gasteiger partial charge in [0.15, 0.2) is 0 Å². The number of hydrogen-bond acceptors (Lipinski definition) is 3. The highest BCUT2D eigenvalue weighted by atomic mass is 16.5. The van der Waals surface area contributed by atoms with E-state index in [2.05, 4.69) is 24.4 Å². The Morgan fingerprint density at radius 1 is 1.50 bits per heavy atom. The van der Waals surface area contributed by atoms with Crippen LogP contribution in [0.1, 0.15) is 24.2 Å². The highest BCUT2D eigenvalue weighted by molar-refractivity contribution is 5.39. The minimum atomic E-state index is 0.121. The SMILES string of the molecule is CCc1ccc(OC)c(C2CNCCO2)c1. The van der Waals surface area contributed by atoms with E-state index in [-0.39, 0.29) is 6.10 Å². The van der Waals surface area contributed by atoms with Crippen LogP contribution in [0, 0.1) is 0 Å². The molecule has 1 aliphatic rings. The summed E-state index contributed by atoms with van der Waals surface area (Å²) in [6, 6.07) is 6.33. The van der Waals surface area contributed by atoms with Crippen molar-refractivity contribution in [2.45, 2.75) is 19.4 Å². The summed E-state index contributed by atoms with van der Waals surface area (Å²) in [7, 11) is 1.71. The molecule has 1 aliphatic heterocycles. The molecule has 1 heterocycles. The molecule has 0 spiro atoms. The van der Waals surface area contributed by atoms with E-state index in [0.29, 0.717) is 0 Å². The van der Waals surface area contributed by atoms with Crippen LogP contribution in [0.2, 0.25) is 0 Å². The summed E-state index contributed by atoms with van der Waals surface area (Å²) in [4.78, 5) is 0. The number of hydrogen-bond donors (Lipinski definition) is 1. The van der Waals surface area contributed by atoms with Crippen molar-refractivity contribution >= 4 is 0 Å². The molecular weight excluding hydrogens is 202 g/mol. The van der Waals surface area contributed by atoms with Gasteiger partial charge in [-0.05, 0) is 24.1 Å². The Labute approximate surface area is 96.8 Å². The summed E-state index contributed by atoms with van der Waals surface area (Å²) in [5.41, 5.74) is 2.49. The van der Waals surface area contributed by atoms with Gasteiger partial charge in [-0.25, -0.2) is 0 Å². The van der Waals surface area contributed by atoms with Crippen molar-refractivity contribution in [1.82, 2.24) is 5.32 Å². The molecule has 0 saturated carbocycles. The molecule has 1 unspecified atom stereocenters. The van der Waals surface area contributed by atoms with Crippen LogP contribution in [0.5, 0.6) is 5.75 Å². The molecule has 1 fully saturated rings. The quantitative estimate of drug-likeness (QED) is 0.846. The lowest BCUT2D eigenvalue weighted by Crippen LogP contribution is -2.33. The average molecular weight is 221 g/mol. The molecule has 1 N–H and O–H groups in total. The van der Waals surface area contributed by atoms with Crippen molar-refractivity contribution in [3.8, 4) is 5.75 Å². The number of ether oxygens (including phenoxy) is 2. The van der Waals surface area contributed by atoms with E-state index < -0.39 is 0 Å². The zero-order chi connectivity index (χ0) is 11.4. The third-order valence-electron chi connectivity index (χ3n) is 2.98. The molecule has 0 radical (unpaired) electrons. The van der Waals surface area contributed by atoms with Crippen molar-refractivity contribution in [2.24, 2.45) is 0 Å². The molecular formula is C13H19NO2. The highest BCUT2D eigenvalue weighted by Gasteiger charge is 2.19. The molecule has 0 aliphatic carbocycles. The van der Waals surface area contributed by atoms with E-state index in [4.69, 9.17) is 9.47 Å². The molecule has 2 rings (SSSR count). The Balaban J connectivity index is 2.27. The van der Waals surface area contributed by atoms with Crippen molar-refractivity contribution in [2.75, 3.05) is 26.8 Å². The molecule has 3 nitrogen and oxygen atoms in total. The molecule has 0 aromatic heterocycles. The van der Waals surface area contributed by atoms with Gasteiger partial charge in [-0.3, -0.25) is 0 Å². The van der Waals surface area contributed by atoms with E-state index in [0.717, 1.165) is 37.4 Å². The predicted molar refractivity (Wildman–Crippen MR) is 63.9 cm³/mol.